The highest BCUT2D eigenvalue weighted by molar-refractivity contribution is 5.83. The minimum atomic E-state index is -1.64. The number of Topliss-reactive ketones (excluding diaryl/α,β-unsaturated/α-hetero) is 1. The fourth-order valence-corrected chi connectivity index (χ4v) is 3.38. The number of ketones is 1. The van der Waals surface area contributed by atoms with Crippen LogP contribution in [-0.4, -0.2) is 33.7 Å². The van der Waals surface area contributed by atoms with Crippen molar-refractivity contribution >= 4 is 11.8 Å². The third-order valence-corrected chi connectivity index (χ3v) is 5.17. The summed E-state index contributed by atoms with van der Waals surface area (Å²) in [5.74, 6) is -0.638. The number of unbranched alkanes of at least 4 members (excludes halogenated alkanes) is 1. The van der Waals surface area contributed by atoms with Crippen LogP contribution in [0.5, 0.6) is 0 Å². The summed E-state index contributed by atoms with van der Waals surface area (Å²) in [5.41, 5.74) is -1.64. The Morgan fingerprint density at radius 1 is 1.38 bits per heavy atom. The number of carbonyl (C=O) groups is 2. The predicted octanol–water partition coefficient (Wildman–Crippen LogP) is 4.62. The van der Waals surface area contributed by atoms with Crippen LogP contribution in [0.2, 0.25) is 0 Å². The molecule has 4 nitrogen and oxygen atoms in total. The van der Waals surface area contributed by atoms with Crippen molar-refractivity contribution in [1.29, 1.82) is 0 Å². The minimum Gasteiger partial charge on any atom is -0.481 e. The second kappa shape index (κ2) is 11.3. The van der Waals surface area contributed by atoms with Crippen molar-refractivity contribution in [2.75, 3.05) is 0 Å². The number of rotatable bonds is 12. The number of aliphatic hydroxyl groups is 1. The Kier molecular flexibility index (Phi) is 9.78. The van der Waals surface area contributed by atoms with Crippen molar-refractivity contribution in [3.8, 4) is 0 Å². The van der Waals surface area contributed by atoms with Crippen LogP contribution < -0.4 is 0 Å². The first-order chi connectivity index (χ1) is 12.3. The average molecular weight is 368 g/mol. The summed E-state index contributed by atoms with van der Waals surface area (Å²) >= 11 is 0. The number of alkyl halides is 1. The second-order valence-corrected chi connectivity index (χ2v) is 7.47. The highest BCUT2D eigenvalue weighted by atomic mass is 19.1. The normalized spacial score (nSPS) is 24.4. The minimum absolute atomic E-state index is 0.0477. The van der Waals surface area contributed by atoms with Crippen molar-refractivity contribution in [3.05, 3.63) is 24.3 Å². The van der Waals surface area contributed by atoms with Crippen LogP contribution in [0.25, 0.3) is 0 Å². The van der Waals surface area contributed by atoms with E-state index in [2.05, 4.69) is 0 Å². The van der Waals surface area contributed by atoms with Gasteiger partial charge in [-0.25, -0.2) is 4.39 Å². The number of hydrogen-bond donors (Lipinski definition) is 2. The van der Waals surface area contributed by atoms with Gasteiger partial charge in [0.15, 0.2) is 0 Å². The summed E-state index contributed by atoms with van der Waals surface area (Å²) in [6.45, 7) is 3.42. The molecule has 2 N–H and O–H groups in total. The highest BCUT2D eigenvalue weighted by Crippen LogP contribution is 2.34. The molecule has 4 atom stereocenters. The summed E-state index contributed by atoms with van der Waals surface area (Å²) in [5, 5.41) is 18.7. The molecule has 0 bridgehead atoms. The standard InChI is InChI=1S/C21H33FO4/c1-3-4-15-21(2,22)19(24)14-12-16-11-13-18(23)17(16)9-7-5-6-8-10-20(25)26/h5-6,12,14,16-17,19,24H,3-4,7-11,13,15H2,1-2H3,(H,25,26)/b6-5+,14-12?/t16-,17-,19?,21?/m1/s1. The van der Waals surface area contributed by atoms with Gasteiger partial charge in [-0.2, -0.15) is 0 Å². The molecule has 148 valence electrons. The average Bonchev–Trinajstić information content (AvgIpc) is 2.93. The lowest BCUT2D eigenvalue weighted by Gasteiger charge is -2.24. The molecule has 2 unspecified atom stereocenters. The maximum Gasteiger partial charge on any atom is 0.303 e. The van der Waals surface area contributed by atoms with Gasteiger partial charge in [-0.15, -0.1) is 0 Å². The van der Waals surface area contributed by atoms with E-state index in [9.17, 15) is 19.1 Å². The SMILES string of the molecule is CCCCC(C)(F)C(O)C=C[C@H]1CCC(=O)[C@@H]1CC/C=C/CCC(=O)O. The summed E-state index contributed by atoms with van der Waals surface area (Å²) in [7, 11) is 0. The van der Waals surface area contributed by atoms with Crippen LogP contribution in [0, 0.1) is 11.8 Å². The molecule has 0 aromatic rings. The Balaban J connectivity index is 2.51. The molecule has 1 rings (SSSR count). The first kappa shape index (κ1) is 22.6. The zero-order valence-electron chi connectivity index (χ0n) is 16.0. The first-order valence-corrected chi connectivity index (χ1v) is 9.72. The summed E-state index contributed by atoms with van der Waals surface area (Å²) in [6, 6.07) is 0. The van der Waals surface area contributed by atoms with Gasteiger partial charge < -0.3 is 10.2 Å². The van der Waals surface area contributed by atoms with Gasteiger partial charge in [0.25, 0.3) is 0 Å². The number of carbonyl (C=O) groups excluding carboxylic acids is 1. The molecule has 1 aliphatic rings. The lowest BCUT2D eigenvalue weighted by Crippen LogP contribution is -2.33. The van der Waals surface area contributed by atoms with E-state index >= 15 is 0 Å². The molecule has 0 radical (unpaired) electrons. The van der Waals surface area contributed by atoms with Crippen molar-refractivity contribution in [3.63, 3.8) is 0 Å². The Morgan fingerprint density at radius 3 is 2.73 bits per heavy atom. The van der Waals surface area contributed by atoms with Gasteiger partial charge in [-0.3, -0.25) is 9.59 Å². The molecular formula is C21H33FO4. The molecule has 0 aliphatic heterocycles. The Morgan fingerprint density at radius 2 is 2.08 bits per heavy atom. The summed E-state index contributed by atoms with van der Waals surface area (Å²) < 4.78 is 14.5. The van der Waals surface area contributed by atoms with E-state index in [1.54, 1.807) is 0 Å². The third-order valence-electron chi connectivity index (χ3n) is 5.17. The zero-order chi connectivity index (χ0) is 19.6. The quantitative estimate of drug-likeness (QED) is 0.493. The molecule has 0 heterocycles. The van der Waals surface area contributed by atoms with E-state index in [0.717, 1.165) is 25.7 Å². The van der Waals surface area contributed by atoms with Crippen LogP contribution in [0.1, 0.15) is 71.6 Å². The van der Waals surface area contributed by atoms with Gasteiger partial charge in [0.2, 0.25) is 0 Å². The maximum atomic E-state index is 14.5. The topological polar surface area (TPSA) is 74.6 Å². The van der Waals surface area contributed by atoms with Crippen LogP contribution in [0.4, 0.5) is 4.39 Å². The fraction of sp³-hybridized carbons (Fsp3) is 0.714. The number of carboxylic acids is 1. The number of carboxylic acid groups (broad SMARTS) is 1. The Bertz CT molecular complexity index is 510. The number of aliphatic carboxylic acids is 1. The molecule has 1 saturated carbocycles. The second-order valence-electron chi connectivity index (χ2n) is 7.47. The molecule has 5 heteroatoms. The number of allylic oxidation sites excluding steroid dienone is 3. The van der Waals surface area contributed by atoms with E-state index in [1.807, 2.05) is 25.2 Å². The lowest BCUT2D eigenvalue weighted by atomic mass is 9.88. The smallest absolute Gasteiger partial charge is 0.303 e. The van der Waals surface area contributed by atoms with E-state index in [-0.39, 0.29) is 24.0 Å². The number of halogens is 1. The molecule has 0 saturated heterocycles. The number of hydrogen-bond acceptors (Lipinski definition) is 3. The highest BCUT2D eigenvalue weighted by Gasteiger charge is 2.34. The molecule has 0 aromatic carbocycles. The van der Waals surface area contributed by atoms with E-state index < -0.39 is 17.7 Å². The van der Waals surface area contributed by atoms with Gasteiger partial charge in [-0.1, -0.05) is 44.1 Å². The lowest BCUT2D eigenvalue weighted by molar-refractivity contribution is -0.136. The Labute approximate surface area is 156 Å². The summed E-state index contributed by atoms with van der Waals surface area (Å²) in [6.07, 6.45) is 11.2. The molecule has 0 amide bonds. The van der Waals surface area contributed by atoms with Crippen molar-refractivity contribution in [2.45, 2.75) is 83.4 Å². The van der Waals surface area contributed by atoms with E-state index in [1.165, 1.54) is 13.0 Å². The van der Waals surface area contributed by atoms with Crippen molar-refractivity contribution < 1.29 is 24.2 Å². The van der Waals surface area contributed by atoms with Crippen LogP contribution in [0.3, 0.4) is 0 Å². The monoisotopic (exact) mass is 368 g/mol. The fourth-order valence-electron chi connectivity index (χ4n) is 3.38. The number of aliphatic hydroxyl groups excluding tert-OH is 1. The van der Waals surface area contributed by atoms with Gasteiger partial charge in [0.05, 0.1) is 0 Å². The van der Waals surface area contributed by atoms with Gasteiger partial charge in [-0.05, 0) is 44.9 Å². The van der Waals surface area contributed by atoms with Gasteiger partial charge >= 0.3 is 5.97 Å². The largest absolute Gasteiger partial charge is 0.481 e. The zero-order valence-corrected chi connectivity index (χ0v) is 16.0. The molecule has 26 heavy (non-hydrogen) atoms. The van der Waals surface area contributed by atoms with Crippen LogP contribution in [0.15, 0.2) is 24.3 Å². The third kappa shape index (κ3) is 7.81. The molecule has 0 aromatic heterocycles. The molecule has 0 spiro atoms. The van der Waals surface area contributed by atoms with E-state index in [0.29, 0.717) is 25.7 Å². The molecule has 1 aliphatic carbocycles. The van der Waals surface area contributed by atoms with E-state index in [4.69, 9.17) is 5.11 Å². The van der Waals surface area contributed by atoms with Gasteiger partial charge in [0.1, 0.15) is 17.6 Å². The summed E-state index contributed by atoms with van der Waals surface area (Å²) in [4.78, 5) is 22.6. The van der Waals surface area contributed by atoms with Crippen molar-refractivity contribution in [2.24, 2.45) is 11.8 Å². The predicted molar refractivity (Wildman–Crippen MR) is 101 cm³/mol. The van der Waals surface area contributed by atoms with Crippen LogP contribution in [-0.2, 0) is 9.59 Å². The molecule has 1 fully saturated rings. The van der Waals surface area contributed by atoms with Crippen molar-refractivity contribution in [1.82, 2.24) is 0 Å². The Hall–Kier alpha value is -1.49. The van der Waals surface area contributed by atoms with Gasteiger partial charge in [0, 0.05) is 18.8 Å². The van der Waals surface area contributed by atoms with Crippen LogP contribution >= 0.6 is 0 Å². The maximum absolute atomic E-state index is 14.5. The molecular weight excluding hydrogens is 335 g/mol. The first-order valence-electron chi connectivity index (χ1n) is 9.72.